The average Bonchev–Trinajstić information content (AvgIpc) is 2.77. The molecule has 0 saturated heterocycles. The Balaban J connectivity index is 1.88. The fourth-order valence-corrected chi connectivity index (χ4v) is 1.86. The van der Waals surface area contributed by atoms with Crippen LogP contribution in [0.1, 0.15) is 37.6 Å². The summed E-state index contributed by atoms with van der Waals surface area (Å²) in [6, 6.07) is 8.52. The molecule has 4 heteroatoms. The van der Waals surface area contributed by atoms with E-state index < -0.39 is 0 Å². The maximum Gasteiger partial charge on any atom is 0.0965 e. The van der Waals surface area contributed by atoms with E-state index in [9.17, 15) is 0 Å². The predicted octanol–water partition coefficient (Wildman–Crippen LogP) is 2.63. The van der Waals surface area contributed by atoms with E-state index in [0.717, 1.165) is 18.8 Å². The number of aryl methyl sites for hydroxylation is 1. The van der Waals surface area contributed by atoms with Gasteiger partial charge in [-0.1, -0.05) is 35.0 Å². The van der Waals surface area contributed by atoms with Gasteiger partial charge in [-0.05, 0) is 33.3 Å². The molecule has 2 aromatic rings. The molecule has 0 atom stereocenters. The van der Waals surface area contributed by atoms with E-state index in [1.165, 1.54) is 11.1 Å². The first-order valence-corrected chi connectivity index (χ1v) is 6.63. The van der Waals surface area contributed by atoms with Gasteiger partial charge in [-0.15, -0.1) is 5.10 Å². The van der Waals surface area contributed by atoms with Crippen molar-refractivity contribution in [3.05, 3.63) is 47.3 Å². The molecule has 0 aliphatic heterocycles. The Labute approximate surface area is 114 Å². The van der Waals surface area contributed by atoms with Crippen molar-refractivity contribution in [1.82, 2.24) is 20.3 Å². The van der Waals surface area contributed by atoms with E-state index in [-0.39, 0.29) is 5.54 Å². The number of aromatic nitrogens is 3. The van der Waals surface area contributed by atoms with Gasteiger partial charge in [0, 0.05) is 13.1 Å². The van der Waals surface area contributed by atoms with Gasteiger partial charge in [0.25, 0.3) is 0 Å². The molecule has 0 radical (unpaired) electrons. The number of rotatable bonds is 4. The van der Waals surface area contributed by atoms with E-state index in [2.05, 4.69) is 67.6 Å². The number of hydrogen-bond donors (Lipinski definition) is 1. The van der Waals surface area contributed by atoms with Crippen molar-refractivity contribution in [3.8, 4) is 0 Å². The van der Waals surface area contributed by atoms with Crippen molar-refractivity contribution >= 4 is 0 Å². The van der Waals surface area contributed by atoms with E-state index in [1.807, 2.05) is 10.9 Å². The van der Waals surface area contributed by atoms with Gasteiger partial charge in [0.2, 0.25) is 0 Å². The zero-order valence-electron chi connectivity index (χ0n) is 12.1. The molecule has 0 fully saturated rings. The molecule has 0 saturated carbocycles. The minimum absolute atomic E-state index is 0.0121. The van der Waals surface area contributed by atoms with E-state index in [1.54, 1.807) is 0 Å². The zero-order chi connectivity index (χ0) is 13.9. The maximum atomic E-state index is 4.18. The molecule has 1 aromatic heterocycles. The Hall–Kier alpha value is -1.68. The number of nitrogens with one attached hydrogen (secondary N) is 1. The first kappa shape index (κ1) is 13.7. The van der Waals surface area contributed by atoms with Crippen LogP contribution >= 0.6 is 0 Å². The van der Waals surface area contributed by atoms with Gasteiger partial charge in [0.05, 0.1) is 17.4 Å². The van der Waals surface area contributed by atoms with Gasteiger partial charge in [0.1, 0.15) is 0 Å². The summed E-state index contributed by atoms with van der Waals surface area (Å²) >= 11 is 0. The molecule has 0 aliphatic rings. The zero-order valence-corrected chi connectivity index (χ0v) is 12.1. The lowest BCUT2D eigenvalue weighted by molar-refractivity contribution is 0.347. The molecule has 102 valence electrons. The van der Waals surface area contributed by atoms with Crippen molar-refractivity contribution < 1.29 is 0 Å². The van der Waals surface area contributed by atoms with Crippen LogP contribution in [0.15, 0.2) is 30.5 Å². The third kappa shape index (κ3) is 3.89. The molecular formula is C15H22N4. The molecule has 19 heavy (non-hydrogen) atoms. The van der Waals surface area contributed by atoms with Gasteiger partial charge in [0.15, 0.2) is 0 Å². The van der Waals surface area contributed by atoms with Crippen LogP contribution < -0.4 is 5.32 Å². The van der Waals surface area contributed by atoms with Crippen LogP contribution in [0, 0.1) is 6.92 Å². The standard InChI is InChI=1S/C15H22N4/c1-12-6-5-7-13(8-12)9-16-10-14-11-19(18-17-14)15(2,3)4/h5-8,11,16H,9-10H2,1-4H3. The highest BCUT2D eigenvalue weighted by atomic mass is 15.4. The van der Waals surface area contributed by atoms with Crippen LogP contribution in [0.2, 0.25) is 0 Å². The molecule has 4 nitrogen and oxygen atoms in total. The van der Waals surface area contributed by atoms with Crippen molar-refractivity contribution in [3.63, 3.8) is 0 Å². The second-order valence-corrected chi connectivity index (χ2v) is 5.92. The first-order chi connectivity index (χ1) is 8.95. The molecule has 0 unspecified atom stereocenters. The molecule has 1 N–H and O–H groups in total. The third-order valence-electron chi connectivity index (χ3n) is 2.95. The van der Waals surface area contributed by atoms with Crippen molar-refractivity contribution in [2.45, 2.75) is 46.3 Å². The van der Waals surface area contributed by atoms with Crippen LogP contribution in [-0.2, 0) is 18.6 Å². The van der Waals surface area contributed by atoms with Crippen LogP contribution in [0.25, 0.3) is 0 Å². The van der Waals surface area contributed by atoms with Gasteiger partial charge in [-0.2, -0.15) is 0 Å². The first-order valence-electron chi connectivity index (χ1n) is 6.63. The molecule has 1 heterocycles. The summed E-state index contributed by atoms with van der Waals surface area (Å²) in [7, 11) is 0. The maximum absolute atomic E-state index is 4.18. The van der Waals surface area contributed by atoms with Gasteiger partial charge in [-0.25, -0.2) is 4.68 Å². The lowest BCUT2D eigenvalue weighted by Gasteiger charge is -2.17. The quantitative estimate of drug-likeness (QED) is 0.916. The minimum atomic E-state index is -0.0121. The van der Waals surface area contributed by atoms with Gasteiger partial charge in [-0.3, -0.25) is 0 Å². The molecule has 1 aromatic carbocycles. The summed E-state index contributed by atoms with van der Waals surface area (Å²) in [5, 5.41) is 11.7. The number of nitrogens with zero attached hydrogens (tertiary/aromatic N) is 3. The molecular weight excluding hydrogens is 236 g/mol. The van der Waals surface area contributed by atoms with Gasteiger partial charge < -0.3 is 5.32 Å². The highest BCUT2D eigenvalue weighted by molar-refractivity contribution is 5.21. The summed E-state index contributed by atoms with van der Waals surface area (Å²) in [5.74, 6) is 0. The molecule has 0 bridgehead atoms. The summed E-state index contributed by atoms with van der Waals surface area (Å²) in [4.78, 5) is 0. The topological polar surface area (TPSA) is 42.7 Å². The Bertz CT molecular complexity index is 537. The van der Waals surface area contributed by atoms with E-state index >= 15 is 0 Å². The van der Waals surface area contributed by atoms with Crippen molar-refractivity contribution in [2.75, 3.05) is 0 Å². The van der Waals surface area contributed by atoms with Crippen LogP contribution in [0.4, 0.5) is 0 Å². The average molecular weight is 258 g/mol. The molecule has 0 spiro atoms. The Morgan fingerprint density at radius 2 is 2.00 bits per heavy atom. The van der Waals surface area contributed by atoms with Crippen LogP contribution in [-0.4, -0.2) is 15.0 Å². The lowest BCUT2D eigenvalue weighted by atomic mass is 10.1. The van der Waals surface area contributed by atoms with Gasteiger partial charge >= 0.3 is 0 Å². The lowest BCUT2D eigenvalue weighted by Crippen LogP contribution is -2.22. The summed E-state index contributed by atoms with van der Waals surface area (Å²) in [6.07, 6.45) is 2.00. The highest BCUT2D eigenvalue weighted by Gasteiger charge is 2.14. The smallest absolute Gasteiger partial charge is 0.0965 e. The second-order valence-electron chi connectivity index (χ2n) is 5.92. The largest absolute Gasteiger partial charge is 0.307 e. The second kappa shape index (κ2) is 5.53. The van der Waals surface area contributed by atoms with Crippen LogP contribution in [0.3, 0.4) is 0 Å². The summed E-state index contributed by atoms with van der Waals surface area (Å²) in [5.41, 5.74) is 3.55. The molecule has 2 rings (SSSR count). The van der Waals surface area contributed by atoms with E-state index in [0.29, 0.717) is 0 Å². The monoisotopic (exact) mass is 258 g/mol. The third-order valence-corrected chi connectivity index (χ3v) is 2.95. The Morgan fingerprint density at radius 3 is 2.63 bits per heavy atom. The van der Waals surface area contributed by atoms with Crippen molar-refractivity contribution in [1.29, 1.82) is 0 Å². The minimum Gasteiger partial charge on any atom is -0.307 e. The SMILES string of the molecule is Cc1cccc(CNCc2cn(C(C)(C)C)nn2)c1. The molecule has 0 amide bonds. The number of benzene rings is 1. The highest BCUT2D eigenvalue weighted by Crippen LogP contribution is 2.11. The Morgan fingerprint density at radius 1 is 1.21 bits per heavy atom. The van der Waals surface area contributed by atoms with Crippen LogP contribution in [0.5, 0.6) is 0 Å². The summed E-state index contributed by atoms with van der Waals surface area (Å²) in [6.45, 7) is 10.1. The predicted molar refractivity (Wildman–Crippen MR) is 76.7 cm³/mol. The fraction of sp³-hybridized carbons (Fsp3) is 0.467. The molecule has 0 aliphatic carbocycles. The van der Waals surface area contributed by atoms with E-state index in [4.69, 9.17) is 0 Å². The normalized spacial score (nSPS) is 11.8. The fourth-order valence-electron chi connectivity index (χ4n) is 1.86. The Kier molecular flexibility index (Phi) is 4.00. The number of hydrogen-bond acceptors (Lipinski definition) is 3. The summed E-state index contributed by atoms with van der Waals surface area (Å²) < 4.78 is 1.90. The van der Waals surface area contributed by atoms with Crippen molar-refractivity contribution in [2.24, 2.45) is 0 Å².